The predicted molar refractivity (Wildman–Crippen MR) is 108 cm³/mol. The van der Waals surface area contributed by atoms with Gasteiger partial charge in [0.1, 0.15) is 12.4 Å². The lowest BCUT2D eigenvalue weighted by molar-refractivity contribution is -0.133. The van der Waals surface area contributed by atoms with Crippen LogP contribution in [0.2, 0.25) is 0 Å². The van der Waals surface area contributed by atoms with E-state index < -0.39 is 0 Å². The molecular weight excluding hydrogens is 340 g/mol. The van der Waals surface area contributed by atoms with E-state index in [1.54, 1.807) is 0 Å². The van der Waals surface area contributed by atoms with Crippen molar-refractivity contribution in [3.63, 3.8) is 0 Å². The van der Waals surface area contributed by atoms with Crippen molar-refractivity contribution in [2.24, 2.45) is 10.4 Å². The zero-order valence-corrected chi connectivity index (χ0v) is 17.4. The molecule has 1 aliphatic heterocycles. The molecule has 7 nitrogen and oxygen atoms in total. The Morgan fingerprint density at radius 2 is 2.04 bits per heavy atom. The van der Waals surface area contributed by atoms with Crippen LogP contribution in [0.5, 0.6) is 0 Å². The molecular formula is C20H36N6O. The van der Waals surface area contributed by atoms with Gasteiger partial charge in [0.05, 0.1) is 6.10 Å². The quantitative estimate of drug-likeness (QED) is 0.539. The molecule has 1 saturated carbocycles. The summed E-state index contributed by atoms with van der Waals surface area (Å²) in [7, 11) is 0. The van der Waals surface area contributed by atoms with E-state index in [2.05, 4.69) is 53.1 Å². The van der Waals surface area contributed by atoms with Gasteiger partial charge >= 0.3 is 0 Å². The maximum Gasteiger partial charge on any atom is 0.191 e. The van der Waals surface area contributed by atoms with Crippen molar-refractivity contribution in [2.75, 3.05) is 13.2 Å². The molecule has 1 aliphatic carbocycles. The Bertz CT molecular complexity index is 636. The van der Waals surface area contributed by atoms with Gasteiger partial charge in [-0.2, -0.15) is 0 Å². The van der Waals surface area contributed by atoms with Gasteiger partial charge in [-0.05, 0) is 46.0 Å². The Kier molecular flexibility index (Phi) is 6.73. The average Bonchev–Trinajstić information content (AvgIpc) is 3.09. The van der Waals surface area contributed by atoms with Crippen molar-refractivity contribution in [2.45, 2.75) is 91.5 Å². The van der Waals surface area contributed by atoms with Gasteiger partial charge in [0.15, 0.2) is 11.8 Å². The summed E-state index contributed by atoms with van der Waals surface area (Å²) in [6.45, 7) is 11.9. The van der Waals surface area contributed by atoms with Crippen LogP contribution in [0.25, 0.3) is 0 Å². The average molecular weight is 377 g/mol. The summed E-state index contributed by atoms with van der Waals surface area (Å²) in [5.74, 6) is 2.95. The summed E-state index contributed by atoms with van der Waals surface area (Å²) in [5, 5.41) is 15.8. The van der Waals surface area contributed by atoms with E-state index in [9.17, 15) is 0 Å². The van der Waals surface area contributed by atoms with Gasteiger partial charge in [0.25, 0.3) is 0 Å². The number of aromatic nitrogens is 3. The maximum atomic E-state index is 6.01. The van der Waals surface area contributed by atoms with Crippen LogP contribution in [0, 0.1) is 5.41 Å². The van der Waals surface area contributed by atoms with Crippen LogP contribution >= 0.6 is 0 Å². The standard InChI is InChI=1S/C20H36N6O/c1-5-20(6-2)15(13-16(20)27-8-4)23-19(21-7-3)22-14-18-25-24-17-11-9-10-12-26(17)18/h15-16H,5-14H2,1-4H3,(H2,21,22,23). The van der Waals surface area contributed by atoms with E-state index in [1.807, 2.05) is 0 Å². The van der Waals surface area contributed by atoms with Crippen LogP contribution in [0.1, 0.15) is 71.4 Å². The number of fused-ring (bicyclic) bond motifs is 1. The third-order valence-electron chi connectivity index (χ3n) is 6.44. The molecule has 0 saturated heterocycles. The lowest BCUT2D eigenvalue weighted by Gasteiger charge is -2.55. The number of hydrogen-bond acceptors (Lipinski definition) is 4. The van der Waals surface area contributed by atoms with Crippen LogP contribution < -0.4 is 10.6 Å². The number of hydrogen-bond donors (Lipinski definition) is 2. The number of rotatable bonds is 8. The number of nitrogens with one attached hydrogen (secondary N) is 2. The molecule has 0 spiro atoms. The first-order valence-corrected chi connectivity index (χ1v) is 10.8. The smallest absolute Gasteiger partial charge is 0.191 e. The molecule has 2 aliphatic rings. The largest absolute Gasteiger partial charge is 0.378 e. The highest BCUT2D eigenvalue weighted by Gasteiger charge is 2.53. The molecule has 7 heteroatoms. The van der Waals surface area contributed by atoms with Crippen molar-refractivity contribution in [3.8, 4) is 0 Å². The molecule has 2 heterocycles. The summed E-state index contributed by atoms with van der Waals surface area (Å²) in [4.78, 5) is 4.82. The third-order valence-corrected chi connectivity index (χ3v) is 6.44. The Hall–Kier alpha value is -1.63. The fraction of sp³-hybridized carbons (Fsp3) is 0.850. The van der Waals surface area contributed by atoms with Crippen LogP contribution in [0.3, 0.4) is 0 Å². The van der Waals surface area contributed by atoms with Gasteiger partial charge in [-0.15, -0.1) is 10.2 Å². The molecule has 2 atom stereocenters. The molecule has 2 unspecified atom stereocenters. The maximum absolute atomic E-state index is 6.01. The van der Waals surface area contributed by atoms with Crippen molar-refractivity contribution in [1.29, 1.82) is 0 Å². The van der Waals surface area contributed by atoms with Gasteiger partial charge in [0, 0.05) is 37.6 Å². The highest BCUT2D eigenvalue weighted by Crippen LogP contribution is 2.48. The lowest BCUT2D eigenvalue weighted by atomic mass is 9.58. The van der Waals surface area contributed by atoms with Crippen molar-refractivity contribution >= 4 is 5.96 Å². The van der Waals surface area contributed by atoms with Crippen LogP contribution in [0.15, 0.2) is 4.99 Å². The number of guanidine groups is 1. The second-order valence-electron chi connectivity index (χ2n) is 7.65. The van der Waals surface area contributed by atoms with Crippen molar-refractivity contribution < 1.29 is 4.74 Å². The van der Waals surface area contributed by atoms with Crippen molar-refractivity contribution in [3.05, 3.63) is 11.6 Å². The summed E-state index contributed by atoms with van der Waals surface area (Å²) >= 11 is 0. The molecule has 0 bridgehead atoms. The first-order chi connectivity index (χ1) is 13.2. The van der Waals surface area contributed by atoms with E-state index in [-0.39, 0.29) is 5.41 Å². The SMILES string of the molecule is CCNC(=NCc1nnc2n1CCCC2)NC1CC(OCC)C1(CC)CC. The second-order valence-corrected chi connectivity index (χ2v) is 7.65. The molecule has 3 rings (SSSR count). The molecule has 1 aromatic rings. The van der Waals surface area contributed by atoms with Gasteiger partial charge in [-0.3, -0.25) is 0 Å². The Balaban J connectivity index is 1.68. The van der Waals surface area contributed by atoms with Gasteiger partial charge in [-0.1, -0.05) is 13.8 Å². The Morgan fingerprint density at radius 1 is 1.22 bits per heavy atom. The first kappa shape index (κ1) is 20.1. The van der Waals surface area contributed by atoms with E-state index in [4.69, 9.17) is 9.73 Å². The first-order valence-electron chi connectivity index (χ1n) is 10.8. The zero-order valence-electron chi connectivity index (χ0n) is 17.4. The minimum atomic E-state index is 0.195. The summed E-state index contributed by atoms with van der Waals surface area (Å²) in [6.07, 6.45) is 7.07. The van der Waals surface area contributed by atoms with E-state index in [0.29, 0.717) is 18.7 Å². The van der Waals surface area contributed by atoms with Crippen LogP contribution in [-0.4, -0.2) is 46.0 Å². The predicted octanol–water partition coefficient (Wildman–Crippen LogP) is 2.65. The molecule has 0 amide bonds. The molecule has 0 aromatic carbocycles. The molecule has 0 radical (unpaired) electrons. The summed E-state index contributed by atoms with van der Waals surface area (Å²) in [6, 6.07) is 0.397. The molecule has 2 N–H and O–H groups in total. The van der Waals surface area contributed by atoms with E-state index in [0.717, 1.165) is 63.0 Å². The highest BCUT2D eigenvalue weighted by molar-refractivity contribution is 5.80. The molecule has 1 fully saturated rings. The lowest BCUT2D eigenvalue weighted by Crippen LogP contribution is -2.65. The van der Waals surface area contributed by atoms with Crippen LogP contribution in [-0.2, 0) is 24.2 Å². The minimum absolute atomic E-state index is 0.195. The number of aryl methyl sites for hydroxylation is 1. The second kappa shape index (κ2) is 9.04. The fourth-order valence-corrected chi connectivity index (χ4v) is 4.70. The zero-order chi connectivity index (χ0) is 19.3. The Morgan fingerprint density at radius 3 is 2.74 bits per heavy atom. The van der Waals surface area contributed by atoms with Crippen LogP contribution in [0.4, 0.5) is 0 Å². The topological polar surface area (TPSA) is 76.4 Å². The Labute approximate surface area is 163 Å². The highest BCUT2D eigenvalue weighted by atomic mass is 16.5. The summed E-state index contributed by atoms with van der Waals surface area (Å²) in [5.41, 5.74) is 0.195. The molecule has 27 heavy (non-hydrogen) atoms. The third kappa shape index (κ3) is 3.98. The molecule has 1 aromatic heterocycles. The van der Waals surface area contributed by atoms with E-state index in [1.165, 1.54) is 12.8 Å². The fourth-order valence-electron chi connectivity index (χ4n) is 4.70. The number of nitrogens with zero attached hydrogens (tertiary/aromatic N) is 4. The number of aliphatic imine (C=N–C) groups is 1. The number of ether oxygens (including phenoxy) is 1. The normalized spacial score (nSPS) is 24.2. The van der Waals surface area contributed by atoms with Crippen molar-refractivity contribution in [1.82, 2.24) is 25.4 Å². The molecule has 152 valence electrons. The minimum Gasteiger partial charge on any atom is -0.378 e. The van der Waals surface area contributed by atoms with E-state index >= 15 is 0 Å². The monoisotopic (exact) mass is 376 g/mol. The van der Waals surface area contributed by atoms with Gasteiger partial charge < -0.3 is 19.9 Å². The summed E-state index contributed by atoms with van der Waals surface area (Å²) < 4.78 is 8.25. The van der Waals surface area contributed by atoms with Gasteiger partial charge in [0.2, 0.25) is 0 Å². The van der Waals surface area contributed by atoms with Gasteiger partial charge in [-0.25, -0.2) is 4.99 Å².